The second-order valence-electron chi connectivity index (χ2n) is 6.85. The molecule has 0 saturated carbocycles. The normalized spacial score (nSPS) is 15.7. The van der Waals surface area contributed by atoms with E-state index in [4.69, 9.17) is 4.74 Å². The van der Waals surface area contributed by atoms with Crippen LogP contribution in [0.1, 0.15) is 33.1 Å². The Hall–Kier alpha value is -3.28. The number of fused-ring (bicyclic) bond motifs is 1. The van der Waals surface area contributed by atoms with Gasteiger partial charge in [-0.25, -0.2) is 13.2 Å². The number of nitrogens with zero attached hydrogens (tertiary/aromatic N) is 1. The van der Waals surface area contributed by atoms with Crippen LogP contribution in [0.2, 0.25) is 0 Å². The summed E-state index contributed by atoms with van der Waals surface area (Å²) in [4.78, 5) is 14.7. The summed E-state index contributed by atoms with van der Waals surface area (Å²) in [6.45, 7) is 0.316. The van der Waals surface area contributed by atoms with Gasteiger partial charge in [-0.05, 0) is 47.4 Å². The lowest BCUT2D eigenvalue weighted by atomic mass is 9.87. The summed E-state index contributed by atoms with van der Waals surface area (Å²) in [7, 11) is 1.56. The maximum absolute atomic E-state index is 14.3. The van der Waals surface area contributed by atoms with Gasteiger partial charge < -0.3 is 9.64 Å². The van der Waals surface area contributed by atoms with Gasteiger partial charge in [-0.3, -0.25) is 4.79 Å². The highest BCUT2D eigenvalue weighted by Gasteiger charge is 2.34. The van der Waals surface area contributed by atoms with Gasteiger partial charge in [0.2, 0.25) is 0 Å². The number of amides is 1. The largest absolute Gasteiger partial charge is 0.497 e. The molecule has 0 fully saturated rings. The van der Waals surface area contributed by atoms with Gasteiger partial charge in [-0.1, -0.05) is 36.4 Å². The molecule has 1 aliphatic heterocycles. The molecule has 1 heterocycles. The van der Waals surface area contributed by atoms with Crippen LogP contribution in [-0.2, 0) is 6.42 Å². The Morgan fingerprint density at radius 1 is 1.00 bits per heavy atom. The zero-order chi connectivity index (χ0) is 20.5. The van der Waals surface area contributed by atoms with E-state index < -0.39 is 35.0 Å². The molecule has 1 atom stereocenters. The van der Waals surface area contributed by atoms with Gasteiger partial charge in [-0.2, -0.15) is 0 Å². The van der Waals surface area contributed by atoms with Crippen LogP contribution in [0.15, 0.2) is 60.7 Å². The summed E-state index contributed by atoms with van der Waals surface area (Å²) >= 11 is 0. The predicted octanol–water partition coefficient (Wildman–Crippen LogP) is 4.90. The van der Waals surface area contributed by atoms with Gasteiger partial charge in [-0.15, -0.1) is 0 Å². The van der Waals surface area contributed by atoms with Gasteiger partial charge in [0.25, 0.3) is 5.91 Å². The minimum Gasteiger partial charge on any atom is -0.497 e. The summed E-state index contributed by atoms with van der Waals surface area (Å²) in [5, 5.41) is 0. The Balaban J connectivity index is 1.84. The first-order chi connectivity index (χ1) is 14.0. The van der Waals surface area contributed by atoms with Crippen molar-refractivity contribution in [1.29, 1.82) is 0 Å². The van der Waals surface area contributed by atoms with Gasteiger partial charge in [0.1, 0.15) is 5.75 Å². The van der Waals surface area contributed by atoms with Crippen molar-refractivity contribution in [3.63, 3.8) is 0 Å². The number of rotatable bonds is 3. The molecule has 4 rings (SSSR count). The lowest BCUT2D eigenvalue weighted by molar-refractivity contribution is 0.0688. The molecule has 0 radical (unpaired) electrons. The van der Waals surface area contributed by atoms with Crippen molar-refractivity contribution < 1.29 is 22.7 Å². The zero-order valence-electron chi connectivity index (χ0n) is 15.7. The van der Waals surface area contributed by atoms with Crippen molar-refractivity contribution in [3.8, 4) is 5.75 Å². The molecule has 6 heteroatoms. The third-order valence-corrected chi connectivity index (χ3v) is 5.22. The first-order valence-corrected chi connectivity index (χ1v) is 9.17. The predicted molar refractivity (Wildman–Crippen MR) is 102 cm³/mol. The Morgan fingerprint density at radius 3 is 2.48 bits per heavy atom. The van der Waals surface area contributed by atoms with E-state index in [9.17, 15) is 18.0 Å². The number of methoxy groups -OCH3 is 1. The number of halogens is 3. The fourth-order valence-electron chi connectivity index (χ4n) is 3.78. The third-order valence-electron chi connectivity index (χ3n) is 5.22. The smallest absolute Gasteiger partial charge is 0.257 e. The van der Waals surface area contributed by atoms with Gasteiger partial charge in [0.15, 0.2) is 17.5 Å². The molecule has 1 amide bonds. The molecular formula is C23H18F3NO2. The van der Waals surface area contributed by atoms with E-state index in [2.05, 4.69) is 0 Å². The molecule has 0 N–H and O–H groups in total. The Kier molecular flexibility index (Phi) is 5.01. The standard InChI is InChI=1S/C23H18F3NO2/c1-29-16-8-7-14-11-12-27(22(18(14)13-16)15-5-3-2-4-6-15)23(28)17-9-10-19(24)21(26)20(17)25/h2-10,13,22H,11-12H2,1H3. The highest BCUT2D eigenvalue weighted by atomic mass is 19.2. The van der Waals surface area contributed by atoms with E-state index in [1.165, 1.54) is 4.90 Å². The molecule has 0 saturated heterocycles. The van der Waals surface area contributed by atoms with Crippen LogP contribution < -0.4 is 4.74 Å². The number of carbonyl (C=O) groups excluding carboxylic acids is 1. The molecule has 0 aromatic heterocycles. The number of carbonyl (C=O) groups is 1. The van der Waals surface area contributed by atoms with Crippen molar-refractivity contribution in [3.05, 3.63) is 100 Å². The highest BCUT2D eigenvalue weighted by Crippen LogP contribution is 2.38. The Labute approximate surface area is 166 Å². The van der Waals surface area contributed by atoms with Crippen molar-refractivity contribution in [2.24, 2.45) is 0 Å². The number of benzene rings is 3. The fourth-order valence-corrected chi connectivity index (χ4v) is 3.78. The number of hydrogen-bond donors (Lipinski definition) is 0. The first kappa shape index (κ1) is 19.1. The molecule has 3 nitrogen and oxygen atoms in total. The van der Waals surface area contributed by atoms with E-state index in [0.29, 0.717) is 18.7 Å². The SMILES string of the molecule is COc1ccc2c(c1)C(c1ccccc1)N(C(=O)c1ccc(F)c(F)c1F)CC2. The van der Waals surface area contributed by atoms with E-state index in [1.807, 2.05) is 48.5 Å². The lowest BCUT2D eigenvalue weighted by Crippen LogP contribution is -2.41. The summed E-state index contributed by atoms with van der Waals surface area (Å²) in [6, 6.07) is 16.2. The van der Waals surface area contributed by atoms with E-state index in [1.54, 1.807) is 7.11 Å². The maximum atomic E-state index is 14.3. The maximum Gasteiger partial charge on any atom is 0.257 e. The topological polar surface area (TPSA) is 29.5 Å². The van der Waals surface area contributed by atoms with Crippen LogP contribution in [0.5, 0.6) is 5.75 Å². The second-order valence-corrected chi connectivity index (χ2v) is 6.85. The minimum atomic E-state index is -1.65. The van der Waals surface area contributed by atoms with E-state index in [0.717, 1.165) is 28.8 Å². The van der Waals surface area contributed by atoms with Crippen LogP contribution in [0.4, 0.5) is 13.2 Å². The molecule has 0 spiro atoms. The molecule has 1 aliphatic rings. The fraction of sp³-hybridized carbons (Fsp3) is 0.174. The second kappa shape index (κ2) is 7.62. The van der Waals surface area contributed by atoms with Gasteiger partial charge in [0.05, 0.1) is 18.7 Å². The summed E-state index contributed by atoms with van der Waals surface area (Å²) in [5.74, 6) is -4.50. The highest BCUT2D eigenvalue weighted by molar-refractivity contribution is 5.95. The molecule has 3 aromatic rings. The van der Waals surface area contributed by atoms with Crippen LogP contribution in [0.3, 0.4) is 0 Å². The molecule has 148 valence electrons. The number of ether oxygens (including phenoxy) is 1. The number of hydrogen-bond acceptors (Lipinski definition) is 2. The van der Waals surface area contributed by atoms with Crippen LogP contribution in [-0.4, -0.2) is 24.5 Å². The molecule has 1 unspecified atom stereocenters. The zero-order valence-corrected chi connectivity index (χ0v) is 15.7. The monoisotopic (exact) mass is 397 g/mol. The summed E-state index contributed by atoms with van der Waals surface area (Å²) in [6.07, 6.45) is 0.555. The summed E-state index contributed by atoms with van der Waals surface area (Å²) < 4.78 is 46.7. The van der Waals surface area contributed by atoms with Crippen molar-refractivity contribution in [2.75, 3.05) is 13.7 Å². The Morgan fingerprint density at radius 2 is 1.76 bits per heavy atom. The molecular weight excluding hydrogens is 379 g/mol. The van der Waals surface area contributed by atoms with Crippen LogP contribution >= 0.6 is 0 Å². The average Bonchev–Trinajstić information content (AvgIpc) is 2.76. The lowest BCUT2D eigenvalue weighted by Gasteiger charge is -2.38. The van der Waals surface area contributed by atoms with Crippen LogP contribution in [0, 0.1) is 17.5 Å². The van der Waals surface area contributed by atoms with E-state index in [-0.39, 0.29) is 0 Å². The molecule has 3 aromatic carbocycles. The van der Waals surface area contributed by atoms with Crippen molar-refractivity contribution in [1.82, 2.24) is 4.90 Å². The minimum absolute atomic E-state index is 0.316. The first-order valence-electron chi connectivity index (χ1n) is 9.17. The van der Waals surface area contributed by atoms with Crippen molar-refractivity contribution in [2.45, 2.75) is 12.5 Å². The van der Waals surface area contributed by atoms with Gasteiger partial charge >= 0.3 is 0 Å². The molecule has 29 heavy (non-hydrogen) atoms. The van der Waals surface area contributed by atoms with Crippen molar-refractivity contribution >= 4 is 5.91 Å². The third kappa shape index (κ3) is 3.35. The summed E-state index contributed by atoms with van der Waals surface area (Å²) in [5.41, 5.74) is 2.25. The molecule has 0 aliphatic carbocycles. The quantitative estimate of drug-likeness (QED) is 0.589. The van der Waals surface area contributed by atoms with Crippen LogP contribution in [0.25, 0.3) is 0 Å². The van der Waals surface area contributed by atoms with E-state index >= 15 is 0 Å². The average molecular weight is 397 g/mol. The van der Waals surface area contributed by atoms with Gasteiger partial charge in [0, 0.05) is 6.54 Å². The molecule has 0 bridgehead atoms. The Bertz CT molecular complexity index is 1070.